The molecule has 0 saturated heterocycles. The van der Waals surface area contributed by atoms with E-state index in [-0.39, 0.29) is 11.5 Å². The number of fused-ring (bicyclic) bond motifs is 1. The van der Waals surface area contributed by atoms with Crippen LogP contribution in [-0.2, 0) is 6.54 Å². The van der Waals surface area contributed by atoms with Crippen molar-refractivity contribution in [1.29, 1.82) is 0 Å². The van der Waals surface area contributed by atoms with E-state index in [2.05, 4.69) is 34.8 Å². The Morgan fingerprint density at radius 2 is 2.19 bits per heavy atom. The molecule has 0 radical (unpaired) electrons. The van der Waals surface area contributed by atoms with Crippen molar-refractivity contribution in [3.63, 3.8) is 0 Å². The number of aromatic carboxylic acids is 1. The molecule has 2 heterocycles. The summed E-state index contributed by atoms with van der Waals surface area (Å²) in [5.41, 5.74) is 2.93. The van der Waals surface area contributed by atoms with Gasteiger partial charge in [-0.15, -0.1) is 0 Å². The van der Waals surface area contributed by atoms with Gasteiger partial charge >= 0.3 is 5.97 Å². The zero-order chi connectivity index (χ0) is 15.0. The summed E-state index contributed by atoms with van der Waals surface area (Å²) in [7, 11) is 0. The van der Waals surface area contributed by atoms with E-state index in [4.69, 9.17) is 0 Å². The number of hydrogen-bond acceptors (Lipinski definition) is 3. The van der Waals surface area contributed by atoms with Crippen molar-refractivity contribution in [3.8, 4) is 0 Å². The first-order chi connectivity index (χ1) is 10.1. The van der Waals surface area contributed by atoms with Gasteiger partial charge in [0.2, 0.25) is 0 Å². The van der Waals surface area contributed by atoms with Crippen molar-refractivity contribution in [3.05, 3.63) is 52.0 Å². The van der Waals surface area contributed by atoms with Gasteiger partial charge in [-0.25, -0.2) is 9.78 Å². The van der Waals surface area contributed by atoms with Crippen LogP contribution in [0.3, 0.4) is 0 Å². The first-order valence-corrected chi connectivity index (χ1v) is 7.75. The number of imidazole rings is 1. The predicted octanol–water partition coefficient (Wildman–Crippen LogP) is 3.97. The van der Waals surface area contributed by atoms with Crippen molar-refractivity contribution in [1.82, 2.24) is 9.55 Å². The maximum Gasteiger partial charge on any atom is 0.337 e. The number of nitrogens with zero attached hydrogens (tertiary/aromatic N) is 2. The van der Waals surface area contributed by atoms with Crippen LogP contribution >= 0.6 is 11.3 Å². The first-order valence-electron chi connectivity index (χ1n) is 6.81. The maximum absolute atomic E-state index is 11.4. The van der Waals surface area contributed by atoms with Crippen molar-refractivity contribution < 1.29 is 9.90 Å². The number of para-hydroxylation sites is 1. The fraction of sp³-hybridized carbons (Fsp3) is 0.250. The van der Waals surface area contributed by atoms with Crippen LogP contribution in [0.15, 0.2) is 35.0 Å². The molecule has 1 aromatic carbocycles. The Labute approximate surface area is 126 Å². The van der Waals surface area contributed by atoms with Crippen LogP contribution in [0.5, 0.6) is 0 Å². The molecular weight excluding hydrogens is 284 g/mol. The van der Waals surface area contributed by atoms with Crippen LogP contribution in [0.1, 0.15) is 41.5 Å². The molecular formula is C16H16N2O2S. The number of carboxylic acid groups (broad SMARTS) is 1. The van der Waals surface area contributed by atoms with E-state index in [1.165, 1.54) is 5.56 Å². The normalized spacial score (nSPS) is 11.4. The number of aromatic nitrogens is 2. The van der Waals surface area contributed by atoms with Crippen LogP contribution in [0, 0.1) is 0 Å². The zero-order valence-electron chi connectivity index (χ0n) is 11.9. The number of rotatable bonds is 4. The van der Waals surface area contributed by atoms with Gasteiger partial charge in [0.05, 0.1) is 17.6 Å². The highest BCUT2D eigenvalue weighted by molar-refractivity contribution is 7.07. The second kappa shape index (κ2) is 5.33. The molecule has 5 heteroatoms. The van der Waals surface area contributed by atoms with E-state index in [1.54, 1.807) is 23.5 Å². The zero-order valence-corrected chi connectivity index (χ0v) is 12.7. The Hall–Kier alpha value is -2.14. The summed E-state index contributed by atoms with van der Waals surface area (Å²) in [5, 5.41) is 13.5. The largest absolute Gasteiger partial charge is 0.478 e. The van der Waals surface area contributed by atoms with Crippen molar-refractivity contribution in [2.24, 2.45) is 0 Å². The lowest BCUT2D eigenvalue weighted by molar-refractivity contribution is 0.0699. The summed E-state index contributed by atoms with van der Waals surface area (Å²) >= 11 is 1.66. The number of carboxylic acids is 1. The number of benzene rings is 1. The predicted molar refractivity (Wildman–Crippen MR) is 84.2 cm³/mol. The van der Waals surface area contributed by atoms with E-state index in [0.717, 1.165) is 17.9 Å². The smallest absolute Gasteiger partial charge is 0.337 e. The minimum absolute atomic E-state index is 0.234. The molecule has 3 rings (SSSR count). The maximum atomic E-state index is 11.4. The van der Waals surface area contributed by atoms with Gasteiger partial charge in [-0.3, -0.25) is 0 Å². The third kappa shape index (κ3) is 2.45. The number of carbonyl (C=O) groups is 1. The van der Waals surface area contributed by atoms with Crippen molar-refractivity contribution >= 4 is 28.3 Å². The summed E-state index contributed by atoms with van der Waals surface area (Å²) in [4.78, 5) is 16.0. The molecule has 0 unspecified atom stereocenters. The van der Waals surface area contributed by atoms with Crippen molar-refractivity contribution in [2.75, 3.05) is 0 Å². The molecule has 3 aromatic rings. The fourth-order valence-electron chi connectivity index (χ4n) is 2.51. The number of hydrogen-bond donors (Lipinski definition) is 1. The lowest BCUT2D eigenvalue weighted by atomic mass is 10.2. The summed E-state index contributed by atoms with van der Waals surface area (Å²) < 4.78 is 2.12. The lowest BCUT2D eigenvalue weighted by Gasteiger charge is -2.10. The molecule has 21 heavy (non-hydrogen) atoms. The molecule has 0 fully saturated rings. The Morgan fingerprint density at radius 3 is 2.81 bits per heavy atom. The van der Waals surface area contributed by atoms with Crippen LogP contribution in [0.25, 0.3) is 11.0 Å². The van der Waals surface area contributed by atoms with E-state index in [0.29, 0.717) is 5.52 Å². The van der Waals surface area contributed by atoms with Gasteiger partial charge in [0.25, 0.3) is 0 Å². The van der Waals surface area contributed by atoms with Gasteiger partial charge in [-0.05, 0) is 34.5 Å². The van der Waals surface area contributed by atoms with E-state index in [1.807, 2.05) is 11.4 Å². The minimum atomic E-state index is -0.934. The average molecular weight is 300 g/mol. The fourth-order valence-corrected chi connectivity index (χ4v) is 3.17. The first kappa shape index (κ1) is 13.8. The average Bonchev–Trinajstić information content (AvgIpc) is 3.07. The Bertz CT molecular complexity index is 788. The van der Waals surface area contributed by atoms with Gasteiger partial charge in [0.15, 0.2) is 0 Å². The standard InChI is InChI=1S/C16H16N2O2S/c1-10(2)15-17-14-12(16(19)20)4-3-5-13(14)18(15)8-11-6-7-21-9-11/h3-7,9-10H,8H2,1-2H3,(H,19,20). The van der Waals surface area contributed by atoms with Gasteiger partial charge < -0.3 is 9.67 Å². The Balaban J connectivity index is 2.23. The monoisotopic (exact) mass is 300 g/mol. The van der Waals surface area contributed by atoms with E-state index >= 15 is 0 Å². The second-order valence-electron chi connectivity index (χ2n) is 5.32. The summed E-state index contributed by atoms with van der Waals surface area (Å²) in [6.45, 7) is 4.87. The van der Waals surface area contributed by atoms with Crippen LogP contribution in [-0.4, -0.2) is 20.6 Å². The molecule has 0 aliphatic heterocycles. The Morgan fingerprint density at radius 1 is 1.38 bits per heavy atom. The van der Waals surface area contributed by atoms with E-state index in [9.17, 15) is 9.90 Å². The van der Waals surface area contributed by atoms with E-state index < -0.39 is 5.97 Å². The summed E-state index contributed by atoms with van der Waals surface area (Å²) in [6.07, 6.45) is 0. The Kier molecular flexibility index (Phi) is 3.51. The summed E-state index contributed by atoms with van der Waals surface area (Å²) in [6, 6.07) is 7.41. The molecule has 0 aliphatic rings. The lowest BCUT2D eigenvalue weighted by Crippen LogP contribution is -2.06. The van der Waals surface area contributed by atoms with Gasteiger partial charge in [-0.2, -0.15) is 11.3 Å². The van der Waals surface area contributed by atoms with Crippen LogP contribution in [0.4, 0.5) is 0 Å². The highest BCUT2D eigenvalue weighted by Crippen LogP contribution is 2.26. The van der Waals surface area contributed by atoms with Crippen LogP contribution < -0.4 is 0 Å². The third-order valence-corrected chi connectivity index (χ3v) is 4.21. The highest BCUT2D eigenvalue weighted by atomic mass is 32.1. The summed E-state index contributed by atoms with van der Waals surface area (Å²) in [5.74, 6) is 0.221. The molecule has 0 amide bonds. The SMILES string of the molecule is CC(C)c1nc2c(C(=O)O)cccc2n1Cc1ccsc1. The van der Waals surface area contributed by atoms with Crippen molar-refractivity contribution in [2.45, 2.75) is 26.3 Å². The van der Waals surface area contributed by atoms with Gasteiger partial charge in [0.1, 0.15) is 11.3 Å². The molecule has 2 aromatic heterocycles. The molecule has 0 atom stereocenters. The van der Waals surface area contributed by atoms with Crippen LogP contribution in [0.2, 0.25) is 0 Å². The van der Waals surface area contributed by atoms with Gasteiger partial charge in [-0.1, -0.05) is 19.9 Å². The third-order valence-electron chi connectivity index (χ3n) is 3.48. The molecule has 0 bridgehead atoms. The molecule has 4 nitrogen and oxygen atoms in total. The quantitative estimate of drug-likeness (QED) is 0.793. The highest BCUT2D eigenvalue weighted by Gasteiger charge is 2.18. The molecule has 108 valence electrons. The topological polar surface area (TPSA) is 55.1 Å². The van der Waals surface area contributed by atoms with Gasteiger partial charge in [0, 0.05) is 5.92 Å². The second-order valence-corrected chi connectivity index (χ2v) is 6.10. The molecule has 0 saturated carbocycles. The minimum Gasteiger partial charge on any atom is -0.478 e. The molecule has 0 aliphatic carbocycles. The molecule has 0 spiro atoms. The number of thiophene rings is 1. The molecule has 1 N–H and O–H groups in total.